The molecule has 1 N–H and O–H groups in total. The summed E-state index contributed by atoms with van der Waals surface area (Å²) in [4.78, 5) is 24.9. The molecule has 6 heteroatoms. The van der Waals surface area contributed by atoms with E-state index in [4.69, 9.17) is 14.2 Å². The van der Waals surface area contributed by atoms with Crippen molar-refractivity contribution in [1.29, 1.82) is 0 Å². The van der Waals surface area contributed by atoms with Crippen LogP contribution in [0.4, 0.5) is 5.69 Å². The zero-order valence-corrected chi connectivity index (χ0v) is 17.2. The lowest BCUT2D eigenvalue weighted by molar-refractivity contribution is -0.139. The van der Waals surface area contributed by atoms with Crippen LogP contribution in [0, 0.1) is 0 Å². The van der Waals surface area contributed by atoms with Crippen molar-refractivity contribution in [3.8, 4) is 5.75 Å². The van der Waals surface area contributed by atoms with Gasteiger partial charge in [0, 0.05) is 12.3 Å². The molecular weight excluding hydrogens is 346 g/mol. The van der Waals surface area contributed by atoms with Gasteiger partial charge in [-0.2, -0.15) is 0 Å². The number of ether oxygens (including phenoxy) is 3. The molecule has 0 aliphatic rings. The third-order valence-electron chi connectivity index (χ3n) is 4.31. The third-order valence-corrected chi connectivity index (χ3v) is 4.31. The van der Waals surface area contributed by atoms with Crippen molar-refractivity contribution >= 4 is 17.6 Å². The molecule has 0 bridgehead atoms. The fourth-order valence-electron chi connectivity index (χ4n) is 2.76. The summed E-state index contributed by atoms with van der Waals surface area (Å²) >= 11 is 0. The number of esters is 1. The van der Waals surface area contributed by atoms with E-state index < -0.39 is 11.6 Å². The van der Waals surface area contributed by atoms with Gasteiger partial charge >= 0.3 is 5.97 Å². The predicted molar refractivity (Wildman–Crippen MR) is 106 cm³/mol. The Labute approximate surface area is 162 Å². The molecule has 0 radical (unpaired) electrons. The summed E-state index contributed by atoms with van der Waals surface area (Å²) in [6.07, 6.45) is 4.50. The minimum absolute atomic E-state index is 0.224. The van der Waals surface area contributed by atoms with Crippen LogP contribution in [0.25, 0.3) is 0 Å². The summed E-state index contributed by atoms with van der Waals surface area (Å²) in [6.45, 7) is 8.74. The number of hydrogen-bond acceptors (Lipinski definition) is 5. The van der Waals surface area contributed by atoms with Crippen molar-refractivity contribution in [2.24, 2.45) is 0 Å². The largest absolute Gasteiger partial charge is 0.493 e. The number of unbranched alkanes of at least 4 members (excludes halogenated alkanes) is 2. The van der Waals surface area contributed by atoms with Crippen molar-refractivity contribution in [2.75, 3.05) is 25.6 Å². The Kier molecular flexibility index (Phi) is 9.86. The topological polar surface area (TPSA) is 73.9 Å². The van der Waals surface area contributed by atoms with Gasteiger partial charge < -0.3 is 19.5 Å². The van der Waals surface area contributed by atoms with Crippen molar-refractivity contribution in [1.82, 2.24) is 0 Å². The maximum Gasteiger partial charge on any atom is 0.341 e. The van der Waals surface area contributed by atoms with E-state index in [0.29, 0.717) is 31.1 Å². The molecule has 0 aliphatic carbocycles. The van der Waals surface area contributed by atoms with Crippen molar-refractivity contribution in [2.45, 2.75) is 65.4 Å². The van der Waals surface area contributed by atoms with Crippen LogP contribution in [0.1, 0.15) is 70.2 Å². The van der Waals surface area contributed by atoms with Crippen LogP contribution >= 0.6 is 0 Å². The highest BCUT2D eigenvalue weighted by Crippen LogP contribution is 2.26. The highest BCUT2D eigenvalue weighted by atomic mass is 16.5. The number of rotatable bonds is 12. The van der Waals surface area contributed by atoms with E-state index in [1.807, 2.05) is 13.8 Å². The first-order chi connectivity index (χ1) is 12.9. The first-order valence-corrected chi connectivity index (χ1v) is 9.72. The van der Waals surface area contributed by atoms with Crippen LogP contribution in [0.5, 0.6) is 5.75 Å². The first kappa shape index (κ1) is 23.0. The highest BCUT2D eigenvalue weighted by Gasteiger charge is 2.33. The SMILES string of the molecule is CCCCC[C@@](C)(OCC)C(=O)Nc1ccc(OCCC)c(C(=O)OC)c1. The predicted octanol–water partition coefficient (Wildman–Crippen LogP) is 4.58. The number of anilines is 1. The molecule has 1 atom stereocenters. The molecule has 0 saturated heterocycles. The van der Waals surface area contributed by atoms with E-state index in [-0.39, 0.29) is 11.5 Å². The average molecular weight is 379 g/mol. The molecule has 1 aromatic rings. The van der Waals surface area contributed by atoms with E-state index >= 15 is 0 Å². The molecule has 27 heavy (non-hydrogen) atoms. The van der Waals surface area contributed by atoms with Crippen molar-refractivity contribution in [3.05, 3.63) is 23.8 Å². The van der Waals surface area contributed by atoms with Crippen LogP contribution in [0.3, 0.4) is 0 Å². The summed E-state index contributed by atoms with van der Waals surface area (Å²) in [5, 5.41) is 2.87. The molecule has 0 heterocycles. The molecule has 1 aromatic carbocycles. The van der Waals surface area contributed by atoms with Crippen LogP contribution in [0.2, 0.25) is 0 Å². The summed E-state index contributed by atoms with van der Waals surface area (Å²) in [7, 11) is 1.32. The van der Waals surface area contributed by atoms with Crippen LogP contribution in [-0.4, -0.2) is 37.8 Å². The minimum atomic E-state index is -0.910. The Morgan fingerprint density at radius 3 is 2.44 bits per heavy atom. The summed E-state index contributed by atoms with van der Waals surface area (Å²) in [6, 6.07) is 4.97. The number of nitrogens with one attached hydrogen (secondary N) is 1. The number of benzene rings is 1. The fraction of sp³-hybridized carbons (Fsp3) is 0.619. The minimum Gasteiger partial charge on any atom is -0.493 e. The molecule has 0 fully saturated rings. The number of amides is 1. The lowest BCUT2D eigenvalue weighted by atomic mass is 9.96. The highest BCUT2D eigenvalue weighted by molar-refractivity contribution is 5.99. The second-order valence-corrected chi connectivity index (χ2v) is 6.63. The number of carbonyl (C=O) groups is 2. The molecule has 0 saturated carbocycles. The van der Waals surface area contributed by atoms with Gasteiger partial charge in [0.05, 0.1) is 13.7 Å². The van der Waals surface area contributed by atoms with Crippen molar-refractivity contribution < 1.29 is 23.8 Å². The van der Waals surface area contributed by atoms with Gasteiger partial charge in [-0.3, -0.25) is 4.79 Å². The van der Waals surface area contributed by atoms with E-state index in [2.05, 4.69) is 12.2 Å². The molecule has 152 valence electrons. The number of methoxy groups -OCH3 is 1. The van der Waals surface area contributed by atoms with Gasteiger partial charge in [-0.15, -0.1) is 0 Å². The monoisotopic (exact) mass is 379 g/mol. The molecule has 0 aliphatic heterocycles. The second-order valence-electron chi connectivity index (χ2n) is 6.63. The third kappa shape index (κ3) is 6.86. The zero-order valence-electron chi connectivity index (χ0n) is 17.2. The van der Waals surface area contributed by atoms with Crippen molar-refractivity contribution in [3.63, 3.8) is 0 Å². The Hall–Kier alpha value is -2.08. The van der Waals surface area contributed by atoms with E-state index in [9.17, 15) is 9.59 Å². The zero-order chi connectivity index (χ0) is 20.3. The van der Waals surface area contributed by atoms with Gasteiger partial charge in [-0.05, 0) is 44.9 Å². The van der Waals surface area contributed by atoms with Gasteiger partial charge in [-0.25, -0.2) is 4.79 Å². The van der Waals surface area contributed by atoms with Gasteiger partial charge in [0.1, 0.15) is 16.9 Å². The maximum atomic E-state index is 12.8. The molecule has 6 nitrogen and oxygen atoms in total. The summed E-state index contributed by atoms with van der Waals surface area (Å²) in [5.74, 6) is -0.288. The Morgan fingerprint density at radius 1 is 1.11 bits per heavy atom. The Morgan fingerprint density at radius 2 is 1.85 bits per heavy atom. The fourth-order valence-corrected chi connectivity index (χ4v) is 2.76. The average Bonchev–Trinajstić information content (AvgIpc) is 2.66. The maximum absolute atomic E-state index is 12.8. The molecule has 1 rings (SSSR count). The molecule has 0 spiro atoms. The van der Waals surface area contributed by atoms with Crippen LogP contribution in [0.15, 0.2) is 18.2 Å². The van der Waals surface area contributed by atoms with E-state index in [1.165, 1.54) is 7.11 Å². The normalized spacial score (nSPS) is 12.9. The summed E-state index contributed by atoms with van der Waals surface area (Å²) in [5.41, 5.74) is -0.120. The van der Waals surface area contributed by atoms with Gasteiger partial charge in [0.2, 0.25) is 0 Å². The lowest BCUT2D eigenvalue weighted by Crippen LogP contribution is -2.42. The van der Waals surface area contributed by atoms with E-state index in [0.717, 1.165) is 25.7 Å². The molecular formula is C21H33NO5. The Balaban J connectivity index is 3.00. The standard InChI is InChI=1S/C21H33NO5/c1-6-9-10-13-21(4,27-8-3)20(24)22-16-11-12-18(26-14-7-2)17(15-16)19(23)25-5/h11-12,15H,6-10,13-14H2,1-5H3,(H,22,24)/t21-/m1/s1. The Bertz CT molecular complexity index is 617. The summed E-state index contributed by atoms with van der Waals surface area (Å²) < 4.78 is 16.2. The molecule has 0 aromatic heterocycles. The van der Waals surface area contributed by atoms with Crippen LogP contribution in [-0.2, 0) is 14.3 Å². The van der Waals surface area contributed by atoms with Crippen LogP contribution < -0.4 is 10.1 Å². The second kappa shape index (κ2) is 11.6. The van der Waals surface area contributed by atoms with Gasteiger partial charge in [-0.1, -0.05) is 33.1 Å². The number of hydrogen-bond donors (Lipinski definition) is 1. The lowest BCUT2D eigenvalue weighted by Gasteiger charge is -2.28. The first-order valence-electron chi connectivity index (χ1n) is 9.72. The molecule has 1 amide bonds. The smallest absolute Gasteiger partial charge is 0.341 e. The quantitative estimate of drug-likeness (QED) is 0.425. The number of carbonyl (C=O) groups excluding carboxylic acids is 2. The molecule has 0 unspecified atom stereocenters. The van der Waals surface area contributed by atoms with E-state index in [1.54, 1.807) is 25.1 Å². The van der Waals surface area contributed by atoms with Gasteiger partial charge in [0.25, 0.3) is 5.91 Å². The van der Waals surface area contributed by atoms with Gasteiger partial charge in [0.15, 0.2) is 0 Å².